The van der Waals surface area contributed by atoms with Crippen LogP contribution < -0.4 is 15.5 Å². The molecule has 3 aliphatic rings. The van der Waals surface area contributed by atoms with Crippen molar-refractivity contribution in [2.75, 3.05) is 57.8 Å². The fourth-order valence-electron chi connectivity index (χ4n) is 4.96. The van der Waals surface area contributed by atoms with E-state index in [1.54, 1.807) is 0 Å². The lowest BCUT2D eigenvalue weighted by Crippen LogP contribution is -2.45. The molecule has 4 rings (SSSR count). The van der Waals surface area contributed by atoms with Gasteiger partial charge in [-0.15, -0.1) is 24.0 Å². The smallest absolute Gasteiger partial charge is 0.191 e. The maximum absolute atomic E-state index is 4.89. The normalized spacial score (nSPS) is 23.7. The number of hydrogen-bond acceptors (Lipinski definition) is 5. The van der Waals surface area contributed by atoms with Gasteiger partial charge in [-0.25, -0.2) is 9.98 Å². The average molecular weight is 542 g/mol. The summed E-state index contributed by atoms with van der Waals surface area (Å²) in [5.41, 5.74) is 1.22. The standard InChI is InChI=1S/C23H39N7.HI/c1-3-24-23(27-20-9-11-30(18-20)21-6-4-5-7-21)26-17-19-8-10-25-22(16-19)29-14-12-28(2)13-15-29;/h8,10,16,20-21H,3-7,9,11-15,17-18H2,1-2H3,(H2,24,26,27);1H. The molecule has 0 bridgehead atoms. The molecule has 0 radical (unpaired) electrons. The maximum Gasteiger partial charge on any atom is 0.191 e. The van der Waals surface area contributed by atoms with E-state index in [1.807, 2.05) is 6.20 Å². The third-order valence-corrected chi connectivity index (χ3v) is 6.80. The van der Waals surface area contributed by atoms with E-state index in [1.165, 1.54) is 44.2 Å². The largest absolute Gasteiger partial charge is 0.357 e. The van der Waals surface area contributed by atoms with Crippen molar-refractivity contribution in [1.82, 2.24) is 25.4 Å². The maximum atomic E-state index is 4.89. The zero-order chi connectivity index (χ0) is 20.8. The Morgan fingerprint density at radius 2 is 1.90 bits per heavy atom. The van der Waals surface area contributed by atoms with Crippen LogP contribution in [0.5, 0.6) is 0 Å². The van der Waals surface area contributed by atoms with Gasteiger partial charge < -0.3 is 20.4 Å². The molecule has 1 atom stereocenters. The number of halogens is 1. The number of anilines is 1. The monoisotopic (exact) mass is 541 g/mol. The minimum absolute atomic E-state index is 0. The fraction of sp³-hybridized carbons (Fsp3) is 0.739. The van der Waals surface area contributed by atoms with E-state index in [0.29, 0.717) is 12.6 Å². The Balaban J connectivity index is 0.00000272. The molecular weight excluding hydrogens is 501 g/mol. The number of guanidine groups is 1. The SMILES string of the molecule is CCNC(=NCc1ccnc(N2CCN(C)CC2)c1)NC1CCN(C2CCCC2)C1.I. The molecule has 2 saturated heterocycles. The minimum atomic E-state index is 0. The van der Waals surface area contributed by atoms with Gasteiger partial charge in [0.2, 0.25) is 0 Å². The summed E-state index contributed by atoms with van der Waals surface area (Å²) in [4.78, 5) is 16.9. The van der Waals surface area contributed by atoms with Crippen LogP contribution in [0.25, 0.3) is 0 Å². The molecule has 1 aromatic rings. The van der Waals surface area contributed by atoms with Crippen molar-refractivity contribution in [1.29, 1.82) is 0 Å². The van der Waals surface area contributed by atoms with Gasteiger partial charge >= 0.3 is 0 Å². The highest BCUT2D eigenvalue weighted by atomic mass is 127. The van der Waals surface area contributed by atoms with Crippen molar-refractivity contribution in [3.05, 3.63) is 23.9 Å². The summed E-state index contributed by atoms with van der Waals surface area (Å²) in [5.74, 6) is 2.02. The van der Waals surface area contributed by atoms with E-state index in [2.05, 4.69) is 56.4 Å². The Labute approximate surface area is 205 Å². The predicted octanol–water partition coefficient (Wildman–Crippen LogP) is 2.52. The minimum Gasteiger partial charge on any atom is -0.357 e. The number of aromatic nitrogens is 1. The van der Waals surface area contributed by atoms with Crippen LogP contribution in [0.4, 0.5) is 5.82 Å². The van der Waals surface area contributed by atoms with Crippen molar-refractivity contribution < 1.29 is 0 Å². The van der Waals surface area contributed by atoms with Crippen LogP contribution in [0.1, 0.15) is 44.6 Å². The summed E-state index contributed by atoms with van der Waals surface area (Å²) < 4.78 is 0. The molecule has 2 N–H and O–H groups in total. The molecular formula is C23H40IN7. The molecule has 31 heavy (non-hydrogen) atoms. The second-order valence-corrected chi connectivity index (χ2v) is 9.07. The van der Waals surface area contributed by atoms with Crippen LogP contribution >= 0.6 is 24.0 Å². The molecule has 0 spiro atoms. The number of piperazine rings is 1. The average Bonchev–Trinajstić information content (AvgIpc) is 3.45. The number of nitrogens with zero attached hydrogens (tertiary/aromatic N) is 5. The van der Waals surface area contributed by atoms with E-state index in [9.17, 15) is 0 Å². The molecule has 0 aromatic carbocycles. The van der Waals surface area contributed by atoms with Crippen molar-refractivity contribution >= 4 is 35.8 Å². The number of likely N-dealkylation sites (N-methyl/N-ethyl adjacent to an activating group) is 1. The Bertz CT molecular complexity index is 699. The van der Waals surface area contributed by atoms with Crippen LogP contribution in [-0.4, -0.2) is 85.7 Å². The van der Waals surface area contributed by atoms with Crippen LogP contribution in [0.15, 0.2) is 23.3 Å². The second kappa shape index (κ2) is 12.2. The Morgan fingerprint density at radius 3 is 2.65 bits per heavy atom. The van der Waals surface area contributed by atoms with Gasteiger partial charge in [-0.3, -0.25) is 4.90 Å². The highest BCUT2D eigenvalue weighted by Crippen LogP contribution is 2.26. The lowest BCUT2D eigenvalue weighted by molar-refractivity contribution is 0.242. The summed E-state index contributed by atoms with van der Waals surface area (Å²) in [5, 5.41) is 7.12. The molecule has 1 saturated carbocycles. The summed E-state index contributed by atoms with van der Waals surface area (Å²) in [6.07, 6.45) is 8.73. The Kier molecular flexibility index (Phi) is 9.65. The highest BCUT2D eigenvalue weighted by Gasteiger charge is 2.30. The van der Waals surface area contributed by atoms with E-state index < -0.39 is 0 Å². The second-order valence-electron chi connectivity index (χ2n) is 9.07. The third kappa shape index (κ3) is 6.92. The molecule has 1 unspecified atom stereocenters. The van der Waals surface area contributed by atoms with Crippen molar-refractivity contribution in [3.63, 3.8) is 0 Å². The number of likely N-dealkylation sites (tertiary alicyclic amines) is 1. The molecule has 7 nitrogen and oxygen atoms in total. The summed E-state index contributed by atoms with van der Waals surface area (Å²) >= 11 is 0. The van der Waals surface area contributed by atoms with Crippen molar-refractivity contribution in [2.45, 2.75) is 57.7 Å². The van der Waals surface area contributed by atoms with Gasteiger partial charge in [0, 0.05) is 64.1 Å². The molecule has 1 aliphatic carbocycles. The Morgan fingerprint density at radius 1 is 1.13 bits per heavy atom. The first-order valence-corrected chi connectivity index (χ1v) is 11.9. The molecule has 0 amide bonds. The molecule has 3 fully saturated rings. The van der Waals surface area contributed by atoms with Crippen LogP contribution in [0.3, 0.4) is 0 Å². The van der Waals surface area contributed by atoms with E-state index in [-0.39, 0.29) is 24.0 Å². The molecule has 174 valence electrons. The van der Waals surface area contributed by atoms with Crippen LogP contribution in [0.2, 0.25) is 0 Å². The first-order chi connectivity index (χ1) is 14.7. The van der Waals surface area contributed by atoms with Gasteiger partial charge in [0.25, 0.3) is 0 Å². The number of nitrogens with one attached hydrogen (secondary N) is 2. The van der Waals surface area contributed by atoms with Gasteiger partial charge in [0.05, 0.1) is 6.54 Å². The van der Waals surface area contributed by atoms with E-state index in [4.69, 9.17) is 4.99 Å². The first-order valence-electron chi connectivity index (χ1n) is 11.9. The van der Waals surface area contributed by atoms with E-state index >= 15 is 0 Å². The van der Waals surface area contributed by atoms with Gasteiger partial charge in [0.1, 0.15) is 5.82 Å². The lowest BCUT2D eigenvalue weighted by Gasteiger charge is -2.33. The molecule has 8 heteroatoms. The lowest BCUT2D eigenvalue weighted by atomic mass is 10.2. The number of hydrogen-bond donors (Lipinski definition) is 2. The van der Waals surface area contributed by atoms with Crippen LogP contribution in [0, 0.1) is 0 Å². The van der Waals surface area contributed by atoms with Gasteiger partial charge in [-0.2, -0.15) is 0 Å². The molecule has 2 aliphatic heterocycles. The highest BCUT2D eigenvalue weighted by molar-refractivity contribution is 14.0. The third-order valence-electron chi connectivity index (χ3n) is 6.80. The molecule has 1 aromatic heterocycles. The first kappa shape index (κ1) is 24.5. The van der Waals surface area contributed by atoms with Gasteiger partial charge in [-0.05, 0) is 50.9 Å². The quantitative estimate of drug-likeness (QED) is 0.328. The molecule has 3 heterocycles. The van der Waals surface area contributed by atoms with Crippen LogP contribution in [-0.2, 0) is 6.54 Å². The Hall–Kier alpha value is -1.13. The van der Waals surface area contributed by atoms with Crippen molar-refractivity contribution in [2.24, 2.45) is 4.99 Å². The number of aliphatic imine (C=N–C) groups is 1. The van der Waals surface area contributed by atoms with Gasteiger partial charge in [-0.1, -0.05) is 12.8 Å². The summed E-state index contributed by atoms with van der Waals surface area (Å²) in [7, 11) is 2.18. The number of pyridine rings is 1. The summed E-state index contributed by atoms with van der Waals surface area (Å²) in [6, 6.07) is 5.61. The topological polar surface area (TPSA) is 59.0 Å². The van der Waals surface area contributed by atoms with Gasteiger partial charge in [0.15, 0.2) is 5.96 Å². The zero-order valence-electron chi connectivity index (χ0n) is 19.2. The van der Waals surface area contributed by atoms with E-state index in [0.717, 1.165) is 57.1 Å². The zero-order valence-corrected chi connectivity index (χ0v) is 21.6. The number of rotatable bonds is 6. The fourth-order valence-corrected chi connectivity index (χ4v) is 4.96. The summed E-state index contributed by atoms with van der Waals surface area (Å²) in [6.45, 7) is 10.3. The van der Waals surface area contributed by atoms with Crippen molar-refractivity contribution in [3.8, 4) is 0 Å². The predicted molar refractivity (Wildman–Crippen MR) is 140 cm³/mol.